The van der Waals surface area contributed by atoms with E-state index in [1.54, 1.807) is 6.26 Å². The first-order chi connectivity index (χ1) is 14.2. The largest absolute Gasteiger partial charge is 0.468 e. The van der Waals surface area contributed by atoms with Gasteiger partial charge in [-0.3, -0.25) is 4.90 Å². The molecular weight excluding hydrogens is 362 g/mol. The van der Waals surface area contributed by atoms with E-state index in [0.717, 1.165) is 44.4 Å². The molecule has 2 N–H and O–H groups in total. The van der Waals surface area contributed by atoms with Gasteiger partial charge in [0.2, 0.25) is 0 Å². The highest BCUT2D eigenvalue weighted by atomic mass is 16.3. The number of furan rings is 1. The van der Waals surface area contributed by atoms with Crippen LogP contribution in [0.4, 0.5) is 0 Å². The summed E-state index contributed by atoms with van der Waals surface area (Å²) in [6.07, 6.45) is 4.28. The van der Waals surface area contributed by atoms with Crippen LogP contribution in [0.25, 0.3) is 0 Å². The average molecular weight is 398 g/mol. The molecule has 1 atom stereocenters. The molecule has 158 valence electrons. The molecule has 2 aromatic rings. The zero-order chi connectivity index (χ0) is 20.5. The van der Waals surface area contributed by atoms with E-state index in [9.17, 15) is 0 Å². The van der Waals surface area contributed by atoms with Crippen LogP contribution < -0.4 is 10.6 Å². The number of hydrogen-bond acceptors (Lipinski definition) is 4. The van der Waals surface area contributed by atoms with E-state index in [1.807, 2.05) is 6.07 Å². The first-order valence-corrected chi connectivity index (χ1v) is 10.7. The Kier molecular flexibility index (Phi) is 8.14. The Balaban J connectivity index is 1.60. The quantitative estimate of drug-likeness (QED) is 0.503. The van der Waals surface area contributed by atoms with Gasteiger partial charge in [0.25, 0.3) is 0 Å². The fourth-order valence-electron chi connectivity index (χ4n) is 3.76. The normalized spacial score (nSPS) is 16.3. The first kappa shape index (κ1) is 21.4. The van der Waals surface area contributed by atoms with Crippen molar-refractivity contribution in [3.8, 4) is 0 Å². The Morgan fingerprint density at radius 3 is 2.45 bits per heavy atom. The van der Waals surface area contributed by atoms with Gasteiger partial charge in [0.1, 0.15) is 5.76 Å². The predicted molar refractivity (Wildman–Crippen MR) is 119 cm³/mol. The second-order valence-electron chi connectivity index (χ2n) is 7.90. The fourth-order valence-corrected chi connectivity index (χ4v) is 3.76. The second kappa shape index (κ2) is 11.0. The molecule has 0 amide bonds. The van der Waals surface area contributed by atoms with Crippen LogP contribution in [-0.4, -0.2) is 56.0 Å². The zero-order valence-corrected chi connectivity index (χ0v) is 18.0. The molecule has 1 aromatic carbocycles. The first-order valence-electron chi connectivity index (χ1n) is 10.7. The predicted octanol–water partition coefficient (Wildman–Crippen LogP) is 3.23. The molecule has 1 aliphatic rings. The van der Waals surface area contributed by atoms with Gasteiger partial charge in [-0.1, -0.05) is 24.3 Å². The van der Waals surface area contributed by atoms with Crippen molar-refractivity contribution in [2.75, 3.05) is 40.3 Å². The molecule has 1 fully saturated rings. The molecule has 2 heterocycles. The van der Waals surface area contributed by atoms with Gasteiger partial charge in [-0.05, 0) is 70.2 Å². The van der Waals surface area contributed by atoms with Crippen molar-refractivity contribution in [3.05, 3.63) is 59.5 Å². The van der Waals surface area contributed by atoms with Crippen LogP contribution in [0.15, 0.2) is 52.1 Å². The Labute approximate surface area is 175 Å². The SMILES string of the molecule is CCNC(=NCc1ccc(CN(C)C)cc1)NCC(c1ccco1)N1CCCC1. The molecule has 3 rings (SSSR count). The second-order valence-corrected chi connectivity index (χ2v) is 7.90. The van der Waals surface area contributed by atoms with Gasteiger partial charge in [0, 0.05) is 19.6 Å². The van der Waals surface area contributed by atoms with Crippen LogP contribution >= 0.6 is 0 Å². The molecular formula is C23H35N5O. The third-order valence-electron chi connectivity index (χ3n) is 5.20. The Morgan fingerprint density at radius 1 is 1.10 bits per heavy atom. The molecule has 0 bridgehead atoms. The van der Waals surface area contributed by atoms with Gasteiger partial charge in [0.15, 0.2) is 5.96 Å². The van der Waals surface area contributed by atoms with Crippen molar-refractivity contribution < 1.29 is 4.42 Å². The molecule has 0 aliphatic carbocycles. The van der Waals surface area contributed by atoms with Crippen molar-refractivity contribution in [3.63, 3.8) is 0 Å². The minimum atomic E-state index is 0.238. The molecule has 6 heteroatoms. The highest BCUT2D eigenvalue weighted by molar-refractivity contribution is 5.79. The monoisotopic (exact) mass is 397 g/mol. The number of guanidine groups is 1. The Bertz CT molecular complexity index is 733. The van der Waals surface area contributed by atoms with Crippen LogP contribution in [0.2, 0.25) is 0 Å². The third kappa shape index (κ3) is 6.61. The van der Waals surface area contributed by atoms with E-state index in [0.29, 0.717) is 6.54 Å². The molecule has 0 radical (unpaired) electrons. The maximum atomic E-state index is 5.72. The number of benzene rings is 1. The highest BCUT2D eigenvalue weighted by Crippen LogP contribution is 2.24. The van der Waals surface area contributed by atoms with Gasteiger partial charge in [-0.15, -0.1) is 0 Å². The van der Waals surface area contributed by atoms with Gasteiger partial charge in [-0.2, -0.15) is 0 Å². The lowest BCUT2D eigenvalue weighted by Gasteiger charge is -2.26. The summed E-state index contributed by atoms with van der Waals surface area (Å²) in [7, 11) is 4.18. The van der Waals surface area contributed by atoms with Gasteiger partial charge < -0.3 is 20.0 Å². The lowest BCUT2D eigenvalue weighted by atomic mass is 10.1. The van der Waals surface area contributed by atoms with Gasteiger partial charge in [0.05, 0.1) is 18.8 Å². The lowest BCUT2D eigenvalue weighted by Crippen LogP contribution is -2.42. The molecule has 1 aliphatic heterocycles. The molecule has 0 saturated carbocycles. The third-order valence-corrected chi connectivity index (χ3v) is 5.20. The topological polar surface area (TPSA) is 56.0 Å². The fraction of sp³-hybridized carbons (Fsp3) is 0.522. The summed E-state index contributed by atoms with van der Waals surface area (Å²) < 4.78 is 5.72. The van der Waals surface area contributed by atoms with E-state index >= 15 is 0 Å². The van der Waals surface area contributed by atoms with Crippen molar-refractivity contribution in [1.29, 1.82) is 0 Å². The van der Waals surface area contributed by atoms with E-state index < -0.39 is 0 Å². The van der Waals surface area contributed by atoms with Crippen molar-refractivity contribution in [2.45, 2.75) is 38.9 Å². The van der Waals surface area contributed by atoms with Crippen LogP contribution in [0.3, 0.4) is 0 Å². The highest BCUT2D eigenvalue weighted by Gasteiger charge is 2.25. The number of nitrogens with one attached hydrogen (secondary N) is 2. The maximum Gasteiger partial charge on any atom is 0.191 e. The molecule has 0 spiro atoms. The van der Waals surface area contributed by atoms with Crippen molar-refractivity contribution in [2.24, 2.45) is 4.99 Å². The standard InChI is InChI=1S/C23H35N5O/c1-4-24-23(25-16-19-9-11-20(12-10-19)18-27(2)3)26-17-21(22-8-7-15-29-22)28-13-5-6-14-28/h7-12,15,21H,4-6,13-14,16-18H2,1-3H3,(H2,24,25,26). The molecule has 29 heavy (non-hydrogen) atoms. The molecule has 1 saturated heterocycles. The number of rotatable bonds is 9. The van der Waals surface area contributed by atoms with Gasteiger partial charge in [-0.25, -0.2) is 4.99 Å². The van der Waals surface area contributed by atoms with Crippen LogP contribution in [0.1, 0.15) is 42.7 Å². The minimum Gasteiger partial charge on any atom is -0.468 e. The average Bonchev–Trinajstić information content (AvgIpc) is 3.42. The van der Waals surface area contributed by atoms with Gasteiger partial charge >= 0.3 is 0 Å². The van der Waals surface area contributed by atoms with E-state index in [4.69, 9.17) is 9.41 Å². The van der Waals surface area contributed by atoms with Crippen molar-refractivity contribution in [1.82, 2.24) is 20.4 Å². The summed E-state index contributed by atoms with van der Waals surface area (Å²) in [5.41, 5.74) is 2.53. The van der Waals surface area contributed by atoms with Crippen molar-refractivity contribution >= 4 is 5.96 Å². The van der Waals surface area contributed by atoms with E-state index in [1.165, 1.54) is 24.0 Å². The molecule has 1 unspecified atom stereocenters. The Hall–Kier alpha value is -2.31. The zero-order valence-electron chi connectivity index (χ0n) is 18.0. The smallest absolute Gasteiger partial charge is 0.191 e. The van der Waals surface area contributed by atoms with E-state index in [-0.39, 0.29) is 6.04 Å². The number of likely N-dealkylation sites (tertiary alicyclic amines) is 1. The summed E-state index contributed by atoms with van der Waals surface area (Å²) in [4.78, 5) is 9.46. The number of aliphatic imine (C=N–C) groups is 1. The summed E-state index contributed by atoms with van der Waals surface area (Å²) >= 11 is 0. The summed E-state index contributed by atoms with van der Waals surface area (Å²) in [5.74, 6) is 1.87. The summed E-state index contributed by atoms with van der Waals surface area (Å²) in [6.45, 7) is 7.58. The lowest BCUT2D eigenvalue weighted by molar-refractivity contribution is 0.215. The summed E-state index contributed by atoms with van der Waals surface area (Å²) in [6, 6.07) is 13.0. The minimum absolute atomic E-state index is 0.238. The maximum absolute atomic E-state index is 5.72. The summed E-state index contributed by atoms with van der Waals surface area (Å²) in [5, 5.41) is 6.89. The van der Waals surface area contributed by atoms with E-state index in [2.05, 4.69) is 71.8 Å². The molecule has 6 nitrogen and oxygen atoms in total. The van der Waals surface area contributed by atoms with Crippen LogP contribution in [-0.2, 0) is 13.1 Å². The number of hydrogen-bond donors (Lipinski definition) is 2. The number of nitrogens with zero attached hydrogens (tertiary/aromatic N) is 3. The Morgan fingerprint density at radius 2 is 1.83 bits per heavy atom. The van der Waals surface area contributed by atoms with Crippen LogP contribution in [0, 0.1) is 0 Å². The molecule has 1 aromatic heterocycles. The van der Waals surface area contributed by atoms with Crippen LogP contribution in [0.5, 0.6) is 0 Å².